The minimum Gasteiger partial charge on any atom is -0.374 e. The van der Waals surface area contributed by atoms with Crippen molar-refractivity contribution in [1.29, 1.82) is 0 Å². The van der Waals surface area contributed by atoms with Crippen molar-refractivity contribution < 1.29 is 9.53 Å². The number of likely N-dealkylation sites (tertiary alicyclic amines) is 1. The highest BCUT2D eigenvalue weighted by Gasteiger charge is 2.32. The van der Waals surface area contributed by atoms with Gasteiger partial charge in [0.25, 0.3) is 0 Å². The Labute approximate surface area is 95.7 Å². The predicted octanol–water partition coefficient (Wildman–Crippen LogP) is -1.19. The Morgan fingerprint density at radius 3 is 2.80 bits per heavy atom. The fourth-order valence-corrected chi connectivity index (χ4v) is 1.92. The highest BCUT2D eigenvalue weighted by molar-refractivity contribution is 5.85. The summed E-state index contributed by atoms with van der Waals surface area (Å²) in [6.45, 7) is 5.16. The van der Waals surface area contributed by atoms with E-state index in [0.29, 0.717) is 0 Å². The van der Waals surface area contributed by atoms with E-state index in [1.165, 1.54) is 0 Å². The Bertz CT molecular complexity index is 215. The second kappa shape index (κ2) is 5.65. The van der Waals surface area contributed by atoms with Crippen LogP contribution in [0.3, 0.4) is 0 Å². The van der Waals surface area contributed by atoms with Crippen LogP contribution in [0.15, 0.2) is 0 Å². The van der Waals surface area contributed by atoms with Crippen LogP contribution in [-0.2, 0) is 9.53 Å². The van der Waals surface area contributed by atoms with Gasteiger partial charge < -0.3 is 15.8 Å². The molecule has 0 bridgehead atoms. The topological polar surface area (TPSA) is 67.6 Å². The molecule has 2 aliphatic rings. The predicted molar refractivity (Wildman–Crippen MR) is 59.0 cm³/mol. The number of hydrogen-bond donors (Lipinski definition) is 2. The molecular formula is C9H18ClN3O2. The second-order valence-electron chi connectivity index (χ2n) is 4.01. The first-order valence-corrected chi connectivity index (χ1v) is 5.09. The van der Waals surface area contributed by atoms with Crippen molar-refractivity contribution in [2.24, 2.45) is 11.7 Å². The third-order valence-electron chi connectivity index (χ3n) is 2.83. The zero-order valence-electron chi connectivity index (χ0n) is 8.65. The molecule has 0 aromatic rings. The molecule has 0 spiro atoms. The summed E-state index contributed by atoms with van der Waals surface area (Å²) in [7, 11) is 0. The van der Waals surface area contributed by atoms with E-state index in [1.54, 1.807) is 0 Å². The third-order valence-corrected chi connectivity index (χ3v) is 2.83. The molecule has 6 heteroatoms. The van der Waals surface area contributed by atoms with Gasteiger partial charge in [0.15, 0.2) is 0 Å². The molecule has 0 radical (unpaired) electrons. The van der Waals surface area contributed by atoms with Gasteiger partial charge in [0.2, 0.25) is 5.91 Å². The van der Waals surface area contributed by atoms with Crippen molar-refractivity contribution in [2.45, 2.75) is 6.10 Å². The highest BCUT2D eigenvalue weighted by Crippen LogP contribution is 2.15. The quantitative estimate of drug-likeness (QED) is 0.646. The summed E-state index contributed by atoms with van der Waals surface area (Å²) >= 11 is 0. The lowest BCUT2D eigenvalue weighted by molar-refractivity contribution is -0.128. The number of carbonyl (C=O) groups excluding carboxylic acids is 1. The number of amides is 1. The van der Waals surface area contributed by atoms with E-state index in [2.05, 4.69) is 10.2 Å². The summed E-state index contributed by atoms with van der Waals surface area (Å²) < 4.78 is 5.56. The molecule has 2 rings (SSSR count). The fourth-order valence-electron chi connectivity index (χ4n) is 1.92. The largest absolute Gasteiger partial charge is 0.374 e. The average molecular weight is 236 g/mol. The van der Waals surface area contributed by atoms with Crippen molar-refractivity contribution in [1.82, 2.24) is 10.2 Å². The number of ether oxygens (including phenoxy) is 1. The minimum atomic E-state index is -0.177. The monoisotopic (exact) mass is 235 g/mol. The van der Waals surface area contributed by atoms with E-state index >= 15 is 0 Å². The minimum absolute atomic E-state index is 0. The average Bonchev–Trinajstić information content (AvgIpc) is 2.12. The molecule has 2 fully saturated rings. The molecule has 2 aliphatic heterocycles. The second-order valence-corrected chi connectivity index (χ2v) is 4.01. The van der Waals surface area contributed by atoms with Crippen LogP contribution in [0, 0.1) is 5.92 Å². The number of halogens is 1. The van der Waals surface area contributed by atoms with Crippen LogP contribution in [0.1, 0.15) is 0 Å². The summed E-state index contributed by atoms with van der Waals surface area (Å²) in [6, 6.07) is 0. The van der Waals surface area contributed by atoms with Gasteiger partial charge in [-0.3, -0.25) is 9.69 Å². The van der Waals surface area contributed by atoms with Crippen LogP contribution in [0.4, 0.5) is 0 Å². The Kier molecular flexibility index (Phi) is 4.79. The number of hydrogen-bond acceptors (Lipinski definition) is 4. The van der Waals surface area contributed by atoms with Crippen molar-refractivity contribution in [3.8, 4) is 0 Å². The maximum absolute atomic E-state index is 10.8. The Balaban J connectivity index is 0.00000112. The number of nitrogens with one attached hydrogen (secondary N) is 1. The molecule has 0 saturated carbocycles. The summed E-state index contributed by atoms with van der Waals surface area (Å²) in [5, 5.41) is 3.28. The van der Waals surface area contributed by atoms with Crippen LogP contribution >= 0.6 is 12.4 Å². The van der Waals surface area contributed by atoms with E-state index in [-0.39, 0.29) is 30.3 Å². The van der Waals surface area contributed by atoms with E-state index in [1.807, 2.05) is 0 Å². The third kappa shape index (κ3) is 3.31. The molecule has 0 aromatic carbocycles. The normalized spacial score (nSPS) is 27.9. The van der Waals surface area contributed by atoms with Gasteiger partial charge in [0, 0.05) is 32.7 Å². The van der Waals surface area contributed by atoms with Gasteiger partial charge in [-0.1, -0.05) is 0 Å². The first-order valence-electron chi connectivity index (χ1n) is 5.09. The highest BCUT2D eigenvalue weighted by atomic mass is 35.5. The van der Waals surface area contributed by atoms with E-state index in [0.717, 1.165) is 39.3 Å². The Hall–Kier alpha value is -0.360. The first kappa shape index (κ1) is 12.7. The molecule has 0 aromatic heterocycles. The van der Waals surface area contributed by atoms with E-state index in [9.17, 15) is 4.79 Å². The van der Waals surface area contributed by atoms with Crippen molar-refractivity contribution in [3.63, 3.8) is 0 Å². The molecule has 2 heterocycles. The Morgan fingerprint density at radius 2 is 2.27 bits per heavy atom. The van der Waals surface area contributed by atoms with Crippen LogP contribution < -0.4 is 11.1 Å². The lowest BCUT2D eigenvalue weighted by atomic mass is 9.99. The first-order chi connectivity index (χ1) is 6.75. The van der Waals surface area contributed by atoms with Gasteiger partial charge in [0.1, 0.15) is 0 Å². The number of nitrogens with zero attached hydrogens (tertiary/aromatic N) is 1. The smallest absolute Gasteiger partial charge is 0.223 e. The number of rotatable bonds is 3. The zero-order chi connectivity index (χ0) is 9.97. The maximum Gasteiger partial charge on any atom is 0.223 e. The Morgan fingerprint density at radius 1 is 1.53 bits per heavy atom. The standard InChI is InChI=1S/C9H17N3O2.ClH/c10-9(13)7-4-12(5-7)6-8-3-11-1-2-14-8;/h7-8,11H,1-6H2,(H2,10,13);1H. The number of carbonyl (C=O) groups is 1. The molecule has 88 valence electrons. The van der Waals surface area contributed by atoms with Crippen LogP contribution in [0.25, 0.3) is 0 Å². The molecule has 5 nitrogen and oxygen atoms in total. The van der Waals surface area contributed by atoms with Gasteiger partial charge in [-0.05, 0) is 0 Å². The lowest BCUT2D eigenvalue weighted by Crippen LogP contribution is -2.56. The van der Waals surface area contributed by atoms with Gasteiger partial charge >= 0.3 is 0 Å². The van der Waals surface area contributed by atoms with Crippen molar-refractivity contribution in [3.05, 3.63) is 0 Å². The molecular weight excluding hydrogens is 218 g/mol. The SMILES string of the molecule is Cl.NC(=O)C1CN(CC2CNCCO2)C1. The summed E-state index contributed by atoms with van der Waals surface area (Å²) in [5.74, 6) is -0.115. The molecule has 1 unspecified atom stereocenters. The molecule has 15 heavy (non-hydrogen) atoms. The molecule has 3 N–H and O–H groups in total. The lowest BCUT2D eigenvalue weighted by Gasteiger charge is -2.40. The van der Waals surface area contributed by atoms with Crippen LogP contribution in [0.5, 0.6) is 0 Å². The van der Waals surface area contributed by atoms with Crippen molar-refractivity contribution in [2.75, 3.05) is 39.3 Å². The van der Waals surface area contributed by atoms with E-state index in [4.69, 9.17) is 10.5 Å². The molecule has 1 atom stereocenters. The maximum atomic E-state index is 10.8. The van der Waals surface area contributed by atoms with Crippen LogP contribution in [0.2, 0.25) is 0 Å². The molecule has 0 aliphatic carbocycles. The zero-order valence-corrected chi connectivity index (χ0v) is 9.46. The summed E-state index contributed by atoms with van der Waals surface area (Å²) in [5.41, 5.74) is 5.18. The number of nitrogens with two attached hydrogens (primary N) is 1. The van der Waals surface area contributed by atoms with Crippen molar-refractivity contribution >= 4 is 18.3 Å². The number of morpholine rings is 1. The molecule has 1 amide bonds. The summed E-state index contributed by atoms with van der Waals surface area (Å²) in [6.07, 6.45) is 0.276. The van der Waals surface area contributed by atoms with Gasteiger partial charge in [-0.15, -0.1) is 12.4 Å². The van der Waals surface area contributed by atoms with E-state index < -0.39 is 0 Å². The summed E-state index contributed by atoms with van der Waals surface area (Å²) in [4.78, 5) is 13.0. The van der Waals surface area contributed by atoms with Gasteiger partial charge in [0.05, 0.1) is 18.6 Å². The molecule has 2 saturated heterocycles. The van der Waals surface area contributed by atoms with Gasteiger partial charge in [-0.25, -0.2) is 0 Å². The number of primary amides is 1. The van der Waals surface area contributed by atoms with Crippen LogP contribution in [-0.4, -0.2) is 56.2 Å². The van der Waals surface area contributed by atoms with Gasteiger partial charge in [-0.2, -0.15) is 0 Å². The fraction of sp³-hybridized carbons (Fsp3) is 0.889.